The van der Waals surface area contributed by atoms with Crippen LogP contribution >= 0.6 is 22.6 Å². The van der Waals surface area contributed by atoms with E-state index in [-0.39, 0.29) is 127 Å². The molecule has 0 unspecified atom stereocenters. The van der Waals surface area contributed by atoms with Crippen LogP contribution in [0, 0.1) is 38.5 Å². The van der Waals surface area contributed by atoms with E-state index in [9.17, 15) is 74.6 Å². The van der Waals surface area contributed by atoms with Crippen LogP contribution in [0.4, 0.5) is 43.4 Å². The Labute approximate surface area is 836 Å². The smallest absolute Gasteiger partial charge is 0.870 e. The number of fused-ring (bicyclic) bond motifs is 6. The van der Waals surface area contributed by atoms with Crippen molar-refractivity contribution in [1.29, 1.82) is 0 Å². The van der Waals surface area contributed by atoms with Gasteiger partial charge < -0.3 is 94.7 Å². The molecule has 28 nitrogen and oxygen atoms in total. The minimum absolute atomic E-state index is 0. The minimum Gasteiger partial charge on any atom is -0.870 e. The van der Waals surface area contributed by atoms with Crippen LogP contribution in [0.15, 0.2) is 178 Å². The number of esters is 2. The van der Waals surface area contributed by atoms with Gasteiger partial charge in [-0.05, 0) is 246 Å². The van der Waals surface area contributed by atoms with Crippen LogP contribution in [0.5, 0.6) is 0 Å². The van der Waals surface area contributed by atoms with Gasteiger partial charge >= 0.3 is 43.9 Å². The van der Waals surface area contributed by atoms with E-state index >= 15 is 0 Å². The largest absolute Gasteiger partial charge is 1.00 e. The summed E-state index contributed by atoms with van der Waals surface area (Å²) in [7, 11) is 7.00. The summed E-state index contributed by atoms with van der Waals surface area (Å²) < 4.78 is 134. The fourth-order valence-corrected chi connectivity index (χ4v) is 17.6. The number of hydrogen-bond acceptors (Lipinski definition) is 20. The van der Waals surface area contributed by atoms with Crippen molar-refractivity contribution in [3.63, 3.8) is 0 Å². The van der Waals surface area contributed by atoms with Crippen molar-refractivity contribution in [3.8, 4) is 22.3 Å². The molecule has 0 bridgehead atoms. The van der Waals surface area contributed by atoms with E-state index in [1.807, 2.05) is 172 Å². The molecule has 0 aliphatic carbocycles. The van der Waals surface area contributed by atoms with Gasteiger partial charge in [-0.3, -0.25) is 28.8 Å². The van der Waals surface area contributed by atoms with Gasteiger partial charge in [0, 0.05) is 86.7 Å². The Morgan fingerprint density at radius 2 is 0.716 bits per heavy atom. The molecule has 0 radical (unpaired) electrons. The molecule has 0 saturated carbocycles. The number of aryl methyl sites for hydroxylation is 3. The van der Waals surface area contributed by atoms with Crippen molar-refractivity contribution < 1.29 is 123 Å². The molecule has 12 aromatic rings. The van der Waals surface area contributed by atoms with Crippen molar-refractivity contribution in [2.24, 2.45) is 21.1 Å². The molecule has 37 heteroatoms. The number of anilines is 3. The standard InChI is InChI=1S/C33H33F2N3O5.C32H31F2N3O5.C29H37BF2N2O6.C10H8INO.Li.2H2O/c1-5-18(2)36-21-14-26(34)30(27(35)15-21)31(39)37-28(33(41)42-4)13-19-10-11-22(25-17-43-16-24(19)25)23-12-20-8-6-7-9-29(20)38(3)32(23)40;1-4-17(2)35-20-13-25(33)29(26(34)14-20)30(38)36-27(32(40)41)12-18-9-10-21(24-16-42-15-23(18)24)22-11-19-7-5-6-8-28(19)37(3)31(22)39;1-8-16(2)33-18-12-22(31)25(23(32)13-18)26(35)34-24(27(36)37-7)11-17-9-10-21(20-15-38-14-19(17)20)30-39-28(3,4)29(5,6)40-30;1-12-9-5-3-2-4-7(9)6-8(11)10(12)13;;;/h6-12,14-15,18,28,36H,5,13,16-17H2,1-4H3,(H,37,39);5-11,13-14,17,27,35H,4,12,15-16H2,1-3H3,(H,36,38)(H,40,41);9-10,12-13,16,24,33H,8,11,14-15H2,1-7H3,(H,34,35);2-6H,1H3;;2*1H2/q;;;;+1;;/p-1/t18-,28-;17-,27-;16-,24-;;;;/m000..../s1. The summed E-state index contributed by atoms with van der Waals surface area (Å²) in [5.41, 5.74) is 9.56. The van der Waals surface area contributed by atoms with Crippen LogP contribution in [0.1, 0.15) is 170 Å². The zero-order valence-corrected chi connectivity index (χ0v) is 83.2. The number of pyridine rings is 3. The van der Waals surface area contributed by atoms with Gasteiger partial charge in [-0.1, -0.05) is 112 Å². The molecule has 141 heavy (non-hydrogen) atoms. The fourth-order valence-electron chi connectivity index (χ4n) is 16.9. The fraction of sp³-hybridized carbons (Fsp3) is 0.337. The Morgan fingerprint density at radius 1 is 0.426 bits per heavy atom. The summed E-state index contributed by atoms with van der Waals surface area (Å²) in [5, 5.41) is 28.9. The molecule has 3 aromatic heterocycles. The van der Waals surface area contributed by atoms with Gasteiger partial charge in [-0.2, -0.15) is 0 Å². The van der Waals surface area contributed by atoms with Crippen LogP contribution in [0.3, 0.4) is 0 Å². The van der Waals surface area contributed by atoms with Gasteiger partial charge in [0.2, 0.25) is 0 Å². The molecule has 3 amide bonds. The second kappa shape index (κ2) is 47.4. The zero-order valence-electron chi connectivity index (χ0n) is 81.0. The van der Waals surface area contributed by atoms with Crippen LogP contribution in [-0.4, -0.2) is 134 Å². The van der Waals surface area contributed by atoms with E-state index in [2.05, 4.69) is 54.5 Å². The maximum absolute atomic E-state index is 14.9. The second-order valence-electron chi connectivity index (χ2n) is 35.6. The van der Waals surface area contributed by atoms with Crippen LogP contribution in [0.2, 0.25) is 0 Å². The van der Waals surface area contributed by atoms with Crippen molar-refractivity contribution in [2.45, 2.75) is 195 Å². The molecular weight excluding hydrogens is 1940 g/mol. The number of carbonyl (C=O) groups excluding carboxylic acids is 5. The van der Waals surface area contributed by atoms with Crippen LogP contribution in [0.25, 0.3) is 55.0 Å². The van der Waals surface area contributed by atoms with E-state index in [4.69, 9.17) is 33.0 Å². The number of aliphatic carboxylic acids is 1. The third kappa shape index (κ3) is 24.5. The van der Waals surface area contributed by atoms with Crippen LogP contribution in [-0.2, 0) is 127 Å². The summed E-state index contributed by atoms with van der Waals surface area (Å²) in [5.74, 6) is -12.6. The van der Waals surface area contributed by atoms with Gasteiger partial charge in [0.15, 0.2) is 0 Å². The second-order valence-corrected chi connectivity index (χ2v) is 36.7. The number of benzene rings is 9. The zero-order chi connectivity index (χ0) is 99.8. The first kappa shape index (κ1) is 111. The molecule has 0 spiro atoms. The Bertz CT molecular complexity index is 6860. The number of hydrogen-bond donors (Lipinski definition) is 7. The van der Waals surface area contributed by atoms with Crippen molar-refractivity contribution in [2.75, 3.05) is 30.2 Å². The number of carbonyl (C=O) groups is 6. The van der Waals surface area contributed by atoms with Crippen molar-refractivity contribution in [1.82, 2.24) is 29.7 Å². The molecule has 4 aliphatic heterocycles. The maximum atomic E-state index is 14.9. The first-order valence-corrected chi connectivity index (χ1v) is 46.3. The molecule has 4 aliphatic rings. The predicted octanol–water partition coefficient (Wildman–Crippen LogP) is 12.6. The third-order valence-corrected chi connectivity index (χ3v) is 26.7. The minimum atomic E-state index is -1.47. The molecule has 1 fully saturated rings. The van der Waals surface area contributed by atoms with E-state index in [1.54, 1.807) is 59.1 Å². The van der Waals surface area contributed by atoms with Gasteiger partial charge in [-0.25, -0.2) is 40.7 Å². The third-order valence-electron chi connectivity index (χ3n) is 25.9. The number of ether oxygens (including phenoxy) is 5. The molecule has 740 valence electrons. The number of aromatic nitrogens is 3. The van der Waals surface area contributed by atoms with Crippen molar-refractivity contribution >= 4 is 121 Å². The molecule has 10 N–H and O–H groups in total. The number of carboxylic acids is 1. The van der Waals surface area contributed by atoms with Gasteiger partial charge in [0.1, 0.15) is 69.7 Å². The Kier molecular flexibility index (Phi) is 37.2. The number of nitrogens with one attached hydrogen (secondary N) is 6. The average molecular weight is 2050 g/mol. The van der Waals surface area contributed by atoms with Gasteiger partial charge in [-0.15, -0.1) is 0 Å². The summed E-state index contributed by atoms with van der Waals surface area (Å²) in [6, 6.07) is 41.6. The van der Waals surface area contributed by atoms with Crippen molar-refractivity contribution in [3.05, 3.63) is 300 Å². The number of halogens is 7. The average Bonchev–Trinajstić information content (AvgIpc) is 1.32. The number of carboxylic acid groups (broad SMARTS) is 1. The predicted molar refractivity (Wildman–Crippen MR) is 530 cm³/mol. The molecular formula is C104H112BF6ILiN9O19. The van der Waals surface area contributed by atoms with E-state index in [0.717, 1.165) is 142 Å². The summed E-state index contributed by atoms with van der Waals surface area (Å²) >= 11 is 2.06. The van der Waals surface area contributed by atoms with E-state index in [0.29, 0.717) is 41.0 Å². The Hall–Kier alpha value is -12.5. The Balaban J connectivity index is 0.000000202. The number of amides is 3. The normalized spacial score (nSPS) is 14.6. The Morgan fingerprint density at radius 3 is 1.05 bits per heavy atom. The topological polar surface area (TPSA) is 387 Å². The van der Waals surface area contributed by atoms with E-state index in [1.165, 1.54) is 14.2 Å². The van der Waals surface area contributed by atoms with Gasteiger partial charge in [0.25, 0.3) is 34.4 Å². The van der Waals surface area contributed by atoms with Gasteiger partial charge in [0.05, 0.1) is 85.2 Å². The molecule has 6 atom stereocenters. The number of methoxy groups -OCH3 is 2. The molecule has 7 heterocycles. The monoisotopic (exact) mass is 2050 g/mol. The molecule has 16 rings (SSSR count). The number of nitrogens with zero attached hydrogens (tertiary/aromatic N) is 3. The summed E-state index contributed by atoms with van der Waals surface area (Å²) in [4.78, 5) is 115. The molecule has 9 aromatic carbocycles. The quantitative estimate of drug-likeness (QED) is 0.0109. The molecule has 1 saturated heterocycles. The van der Waals surface area contributed by atoms with Crippen LogP contribution < -0.4 is 72.9 Å². The number of rotatable bonds is 27. The SMILES string of the molecule is CC[C@H](C)Nc1cc(F)c(C(=O)N[C@@H](Cc2ccc(-c3cc4ccccc4n(C)c3=O)c3c2COC3)C(=O)O)c(F)c1.CC[C@H](C)Nc1cc(F)c(C(=O)N[C@@H](Cc2ccc(-c3cc4ccccc4n(C)c3=O)c3c2COC3)C(=O)OC)c(F)c1.CC[C@H](C)Nc1cc(F)c(C(=O)N[C@@H](Cc2ccc(B3OC(C)(C)C(C)(C)O3)c3c2COC3)C(=O)OC)c(F)c1.Cn1c(=O)c(I)cc2ccccc21.O.[Li+].[OH-]. The summed E-state index contributed by atoms with van der Waals surface area (Å²) in [6.45, 7) is 20.8. The maximum Gasteiger partial charge on any atom is 1.00 e. The first-order chi connectivity index (χ1) is 65.7. The summed E-state index contributed by atoms with van der Waals surface area (Å²) in [6.07, 6.45) is 2.07. The number of para-hydroxylation sites is 3. The first-order valence-electron chi connectivity index (χ1n) is 45.2. The van der Waals surface area contributed by atoms with E-state index < -0.39 is 124 Å².